The number of hydrogen-bond acceptors (Lipinski definition) is 3. The van der Waals surface area contributed by atoms with Crippen molar-refractivity contribution < 1.29 is 0 Å². The Labute approximate surface area is 71.5 Å². The van der Waals surface area contributed by atoms with Crippen molar-refractivity contribution in [2.45, 2.75) is 18.8 Å². The second-order valence-corrected chi connectivity index (χ2v) is 3.35. The van der Waals surface area contributed by atoms with E-state index in [4.69, 9.17) is 17.2 Å². The first-order chi connectivity index (χ1) is 5.70. The largest absolute Gasteiger partial charge is 0.398 e. The molecule has 0 aromatic heterocycles. The molecule has 0 unspecified atom stereocenters. The Morgan fingerprint density at radius 3 is 2.17 bits per heavy atom. The van der Waals surface area contributed by atoms with Crippen LogP contribution in [0.25, 0.3) is 0 Å². The average molecular weight is 163 g/mol. The molecule has 0 radical (unpaired) electrons. The first-order valence-corrected chi connectivity index (χ1v) is 4.13. The quantitative estimate of drug-likeness (QED) is 0.546. The van der Waals surface area contributed by atoms with Crippen molar-refractivity contribution in [3.63, 3.8) is 0 Å². The Hall–Kier alpha value is -1.38. The smallest absolute Gasteiger partial charge is 0.0603 e. The van der Waals surface area contributed by atoms with Crippen molar-refractivity contribution in [2.75, 3.05) is 17.2 Å². The molecular formula is C9H13N3. The molecule has 0 spiro atoms. The highest BCUT2D eigenvalue weighted by Gasteiger charge is 2.28. The van der Waals surface area contributed by atoms with Crippen molar-refractivity contribution in [3.8, 4) is 0 Å². The van der Waals surface area contributed by atoms with E-state index < -0.39 is 0 Å². The summed E-state index contributed by atoms with van der Waals surface area (Å²) >= 11 is 0. The third-order valence-electron chi connectivity index (χ3n) is 2.34. The molecule has 0 atom stereocenters. The standard InChI is InChI=1S/C9H13N3/c10-6-3-4-7(11)9(12)8(6)5-1-2-5/h3-5H,1-2,10-12H2. The van der Waals surface area contributed by atoms with Gasteiger partial charge in [-0.25, -0.2) is 0 Å². The van der Waals surface area contributed by atoms with Crippen LogP contribution in [-0.2, 0) is 0 Å². The van der Waals surface area contributed by atoms with E-state index in [-0.39, 0.29) is 0 Å². The Morgan fingerprint density at radius 2 is 1.58 bits per heavy atom. The minimum Gasteiger partial charge on any atom is -0.398 e. The van der Waals surface area contributed by atoms with E-state index in [2.05, 4.69) is 0 Å². The van der Waals surface area contributed by atoms with Crippen LogP contribution in [0.5, 0.6) is 0 Å². The van der Waals surface area contributed by atoms with Crippen molar-refractivity contribution >= 4 is 17.1 Å². The number of nitrogen functional groups attached to an aromatic ring is 3. The lowest BCUT2D eigenvalue weighted by Gasteiger charge is -2.09. The fraction of sp³-hybridized carbons (Fsp3) is 0.333. The van der Waals surface area contributed by atoms with Crippen molar-refractivity contribution in [2.24, 2.45) is 0 Å². The van der Waals surface area contributed by atoms with Crippen LogP contribution >= 0.6 is 0 Å². The predicted molar refractivity (Wildman–Crippen MR) is 51.7 cm³/mol. The number of anilines is 3. The van der Waals surface area contributed by atoms with Gasteiger partial charge in [-0.2, -0.15) is 0 Å². The first kappa shape index (κ1) is 7.28. The van der Waals surface area contributed by atoms with Gasteiger partial charge in [0, 0.05) is 11.3 Å². The average Bonchev–Trinajstić information content (AvgIpc) is 2.81. The lowest BCUT2D eigenvalue weighted by Crippen LogP contribution is -2.02. The van der Waals surface area contributed by atoms with Crippen molar-refractivity contribution in [1.82, 2.24) is 0 Å². The highest BCUT2D eigenvalue weighted by atomic mass is 14.7. The topological polar surface area (TPSA) is 78.1 Å². The molecule has 0 heterocycles. The number of rotatable bonds is 1. The lowest BCUT2D eigenvalue weighted by molar-refractivity contribution is 1.14. The van der Waals surface area contributed by atoms with E-state index in [0.29, 0.717) is 17.3 Å². The van der Waals surface area contributed by atoms with Gasteiger partial charge in [0.05, 0.1) is 11.4 Å². The summed E-state index contributed by atoms with van der Waals surface area (Å²) in [6, 6.07) is 3.59. The fourth-order valence-electron chi connectivity index (χ4n) is 1.50. The summed E-state index contributed by atoms with van der Waals surface area (Å²) in [4.78, 5) is 0. The highest BCUT2D eigenvalue weighted by molar-refractivity contribution is 5.76. The molecule has 1 aliphatic rings. The van der Waals surface area contributed by atoms with Crippen LogP contribution in [-0.4, -0.2) is 0 Å². The second-order valence-electron chi connectivity index (χ2n) is 3.35. The summed E-state index contributed by atoms with van der Waals surface area (Å²) < 4.78 is 0. The molecule has 1 fully saturated rings. The van der Waals surface area contributed by atoms with Crippen LogP contribution in [0, 0.1) is 0 Å². The summed E-state index contributed by atoms with van der Waals surface area (Å²) in [5.41, 5.74) is 20.5. The van der Waals surface area contributed by atoms with Gasteiger partial charge in [0.25, 0.3) is 0 Å². The maximum Gasteiger partial charge on any atom is 0.0603 e. The second kappa shape index (κ2) is 2.30. The molecule has 3 nitrogen and oxygen atoms in total. The van der Waals surface area contributed by atoms with E-state index in [9.17, 15) is 0 Å². The molecule has 0 bridgehead atoms. The van der Waals surface area contributed by atoms with Crippen LogP contribution in [0.15, 0.2) is 12.1 Å². The summed E-state index contributed by atoms with van der Waals surface area (Å²) in [7, 11) is 0. The summed E-state index contributed by atoms with van der Waals surface area (Å²) in [5.74, 6) is 0.563. The van der Waals surface area contributed by atoms with Gasteiger partial charge in [-0.3, -0.25) is 0 Å². The lowest BCUT2D eigenvalue weighted by atomic mass is 10.1. The molecule has 2 rings (SSSR count). The summed E-state index contributed by atoms with van der Waals surface area (Å²) in [6.07, 6.45) is 2.38. The van der Waals surface area contributed by atoms with Gasteiger partial charge in [-0.15, -0.1) is 0 Å². The van der Waals surface area contributed by atoms with Gasteiger partial charge in [-0.05, 0) is 30.9 Å². The van der Waals surface area contributed by atoms with Gasteiger partial charge in [0.1, 0.15) is 0 Å². The molecule has 1 aliphatic carbocycles. The van der Waals surface area contributed by atoms with Crippen molar-refractivity contribution in [3.05, 3.63) is 17.7 Å². The van der Waals surface area contributed by atoms with E-state index in [1.54, 1.807) is 6.07 Å². The molecule has 0 aliphatic heterocycles. The van der Waals surface area contributed by atoms with E-state index in [1.165, 1.54) is 12.8 Å². The molecule has 1 aromatic carbocycles. The minimum absolute atomic E-state index is 0.563. The Morgan fingerprint density at radius 1 is 1.00 bits per heavy atom. The zero-order valence-electron chi connectivity index (χ0n) is 6.88. The monoisotopic (exact) mass is 163 g/mol. The molecule has 0 saturated heterocycles. The third-order valence-corrected chi connectivity index (χ3v) is 2.34. The number of nitrogens with two attached hydrogens (primary N) is 3. The zero-order valence-corrected chi connectivity index (χ0v) is 6.88. The maximum atomic E-state index is 5.82. The van der Waals surface area contributed by atoms with Crippen molar-refractivity contribution in [1.29, 1.82) is 0 Å². The fourth-order valence-corrected chi connectivity index (χ4v) is 1.50. The molecule has 1 saturated carbocycles. The molecular weight excluding hydrogens is 150 g/mol. The number of hydrogen-bond donors (Lipinski definition) is 3. The van der Waals surface area contributed by atoms with Crippen LogP contribution in [0.4, 0.5) is 17.1 Å². The molecule has 6 N–H and O–H groups in total. The Bertz CT molecular complexity index is 316. The van der Waals surface area contributed by atoms with Crippen LogP contribution in [0.3, 0.4) is 0 Å². The molecule has 3 heteroatoms. The minimum atomic E-state index is 0.563. The molecule has 64 valence electrons. The zero-order chi connectivity index (χ0) is 8.72. The Kier molecular flexibility index (Phi) is 1.40. The highest BCUT2D eigenvalue weighted by Crippen LogP contribution is 2.46. The maximum absolute atomic E-state index is 5.82. The molecule has 1 aromatic rings. The van der Waals surface area contributed by atoms with E-state index >= 15 is 0 Å². The summed E-state index contributed by atoms with van der Waals surface area (Å²) in [5, 5.41) is 0. The van der Waals surface area contributed by atoms with Crippen LogP contribution < -0.4 is 17.2 Å². The van der Waals surface area contributed by atoms with Gasteiger partial charge in [0.15, 0.2) is 0 Å². The first-order valence-electron chi connectivity index (χ1n) is 4.13. The normalized spacial score (nSPS) is 16.3. The molecule has 0 amide bonds. The van der Waals surface area contributed by atoms with E-state index in [0.717, 1.165) is 11.3 Å². The SMILES string of the molecule is Nc1ccc(N)c(C2CC2)c1N. The van der Waals surface area contributed by atoms with Gasteiger partial charge in [-0.1, -0.05) is 0 Å². The summed E-state index contributed by atoms with van der Waals surface area (Å²) in [6.45, 7) is 0. The molecule has 12 heavy (non-hydrogen) atoms. The Balaban J connectivity index is 2.55. The third kappa shape index (κ3) is 0.978. The number of benzene rings is 1. The van der Waals surface area contributed by atoms with Crippen LogP contribution in [0.1, 0.15) is 24.3 Å². The van der Waals surface area contributed by atoms with Gasteiger partial charge < -0.3 is 17.2 Å². The van der Waals surface area contributed by atoms with Gasteiger partial charge in [0.2, 0.25) is 0 Å². The predicted octanol–water partition coefficient (Wildman–Crippen LogP) is 1.31. The van der Waals surface area contributed by atoms with E-state index in [1.807, 2.05) is 6.07 Å². The van der Waals surface area contributed by atoms with Crippen LogP contribution in [0.2, 0.25) is 0 Å². The van der Waals surface area contributed by atoms with Gasteiger partial charge >= 0.3 is 0 Å².